The molecule has 1 heterocycles. The number of hydrogen-bond donors (Lipinski definition) is 2. The van der Waals surface area contributed by atoms with E-state index in [1.54, 1.807) is 48.5 Å². The van der Waals surface area contributed by atoms with Gasteiger partial charge in [0.1, 0.15) is 0 Å². The third-order valence-corrected chi connectivity index (χ3v) is 5.83. The van der Waals surface area contributed by atoms with Gasteiger partial charge in [0, 0.05) is 12.1 Å². The van der Waals surface area contributed by atoms with Crippen LogP contribution in [0.2, 0.25) is 0 Å². The highest BCUT2D eigenvalue weighted by Gasteiger charge is 2.36. The first-order chi connectivity index (χ1) is 15.0. The minimum Gasteiger partial charge on any atom is -0.347 e. The van der Waals surface area contributed by atoms with Crippen molar-refractivity contribution >= 4 is 35.0 Å². The van der Waals surface area contributed by atoms with Crippen molar-refractivity contribution in [2.24, 2.45) is 5.92 Å². The van der Waals surface area contributed by atoms with Gasteiger partial charge in [0.25, 0.3) is 11.8 Å². The second-order valence-corrected chi connectivity index (χ2v) is 8.07. The zero-order valence-electron chi connectivity index (χ0n) is 17.2. The predicted octanol–water partition coefficient (Wildman–Crippen LogP) is 3.51. The summed E-state index contributed by atoms with van der Waals surface area (Å²) in [5.74, 6) is -0.843. The number of nitrogens with zero attached hydrogens (tertiary/aromatic N) is 1. The van der Waals surface area contributed by atoms with Crippen molar-refractivity contribution in [1.82, 2.24) is 5.32 Å². The van der Waals surface area contributed by atoms with Crippen molar-refractivity contribution in [1.29, 1.82) is 0 Å². The molecule has 0 unspecified atom stereocenters. The molecule has 1 aliphatic carbocycles. The first kappa shape index (κ1) is 20.8. The summed E-state index contributed by atoms with van der Waals surface area (Å²) in [5.41, 5.74) is 1.55. The Labute approximate surface area is 180 Å². The lowest BCUT2D eigenvalue weighted by Crippen LogP contribution is -2.34. The van der Waals surface area contributed by atoms with E-state index in [1.165, 1.54) is 19.3 Å². The summed E-state index contributed by atoms with van der Waals surface area (Å²) in [4.78, 5) is 50.8. The quantitative estimate of drug-likeness (QED) is 0.701. The molecule has 0 aromatic heterocycles. The summed E-state index contributed by atoms with van der Waals surface area (Å²) in [5, 5.41) is 5.39. The van der Waals surface area contributed by atoms with Gasteiger partial charge in [-0.3, -0.25) is 19.2 Å². The minimum absolute atomic E-state index is 0.109. The van der Waals surface area contributed by atoms with Gasteiger partial charge >= 0.3 is 0 Å². The van der Waals surface area contributed by atoms with Crippen LogP contribution in [0.4, 0.5) is 11.4 Å². The standard InChI is InChI=1S/C24H25N3O4/c28-21(13-16-7-2-1-3-8-16)25-15-22(29)26-17-9-6-10-18(14-17)27-23(30)19-11-4-5-12-20(19)24(27)31/h4-6,9-12,14,16H,1-3,7-8,13,15H2,(H,25,28)(H,26,29). The fourth-order valence-electron chi connectivity index (χ4n) is 4.26. The van der Waals surface area contributed by atoms with E-state index in [9.17, 15) is 19.2 Å². The molecule has 2 aromatic rings. The summed E-state index contributed by atoms with van der Waals surface area (Å²) in [6.07, 6.45) is 6.18. The zero-order valence-corrected chi connectivity index (χ0v) is 17.2. The fraction of sp³-hybridized carbons (Fsp3) is 0.333. The van der Waals surface area contributed by atoms with E-state index in [0.29, 0.717) is 34.8 Å². The number of anilines is 2. The highest BCUT2D eigenvalue weighted by molar-refractivity contribution is 6.34. The molecular formula is C24H25N3O4. The Hall–Kier alpha value is -3.48. The number of carbonyl (C=O) groups excluding carboxylic acids is 4. The SMILES string of the molecule is O=C(CC1CCCCC1)NCC(=O)Nc1cccc(N2C(=O)c3ccccc3C2=O)c1. The Morgan fingerprint density at radius 2 is 1.55 bits per heavy atom. The molecule has 0 saturated heterocycles. The number of imide groups is 1. The van der Waals surface area contributed by atoms with E-state index < -0.39 is 0 Å². The van der Waals surface area contributed by atoms with Crippen molar-refractivity contribution in [2.45, 2.75) is 38.5 Å². The number of nitrogens with one attached hydrogen (secondary N) is 2. The number of fused-ring (bicyclic) bond motifs is 1. The molecule has 160 valence electrons. The van der Waals surface area contributed by atoms with Crippen molar-refractivity contribution in [3.8, 4) is 0 Å². The Morgan fingerprint density at radius 1 is 0.871 bits per heavy atom. The molecule has 0 bridgehead atoms. The maximum atomic E-state index is 12.7. The molecule has 1 fully saturated rings. The van der Waals surface area contributed by atoms with Crippen LogP contribution in [0, 0.1) is 5.92 Å². The van der Waals surface area contributed by atoms with E-state index >= 15 is 0 Å². The molecule has 2 N–H and O–H groups in total. The van der Waals surface area contributed by atoms with Gasteiger partial charge < -0.3 is 10.6 Å². The van der Waals surface area contributed by atoms with Gasteiger partial charge in [-0.25, -0.2) is 4.90 Å². The number of hydrogen-bond acceptors (Lipinski definition) is 4. The van der Waals surface area contributed by atoms with E-state index in [-0.39, 0.29) is 30.2 Å². The molecule has 0 radical (unpaired) electrons. The highest BCUT2D eigenvalue weighted by atomic mass is 16.2. The molecule has 0 spiro atoms. The van der Waals surface area contributed by atoms with Gasteiger partial charge in [-0.2, -0.15) is 0 Å². The predicted molar refractivity (Wildman–Crippen MR) is 117 cm³/mol. The average Bonchev–Trinajstić information content (AvgIpc) is 3.04. The molecule has 1 saturated carbocycles. The highest BCUT2D eigenvalue weighted by Crippen LogP contribution is 2.30. The maximum Gasteiger partial charge on any atom is 0.266 e. The molecule has 7 heteroatoms. The molecular weight excluding hydrogens is 394 g/mol. The van der Waals surface area contributed by atoms with E-state index in [2.05, 4.69) is 10.6 Å². The lowest BCUT2D eigenvalue weighted by molar-refractivity contribution is -0.125. The number of rotatable bonds is 6. The van der Waals surface area contributed by atoms with Crippen LogP contribution in [0.3, 0.4) is 0 Å². The third kappa shape index (κ3) is 4.66. The van der Waals surface area contributed by atoms with Gasteiger partial charge in [-0.1, -0.05) is 37.5 Å². The van der Waals surface area contributed by atoms with E-state index in [1.807, 2.05) is 0 Å². The summed E-state index contributed by atoms with van der Waals surface area (Å²) < 4.78 is 0. The smallest absolute Gasteiger partial charge is 0.266 e. The minimum atomic E-state index is -0.390. The third-order valence-electron chi connectivity index (χ3n) is 5.83. The van der Waals surface area contributed by atoms with Gasteiger partial charge in [0.15, 0.2) is 0 Å². The molecule has 2 aliphatic rings. The van der Waals surface area contributed by atoms with Crippen LogP contribution in [-0.2, 0) is 9.59 Å². The first-order valence-corrected chi connectivity index (χ1v) is 10.7. The average molecular weight is 419 g/mol. The van der Waals surface area contributed by atoms with Crippen molar-refractivity contribution in [2.75, 3.05) is 16.8 Å². The summed E-state index contributed by atoms with van der Waals surface area (Å²) >= 11 is 0. The van der Waals surface area contributed by atoms with Crippen LogP contribution in [0.25, 0.3) is 0 Å². The molecule has 4 amide bonds. The van der Waals surface area contributed by atoms with Gasteiger partial charge in [0.2, 0.25) is 11.8 Å². The number of carbonyl (C=O) groups is 4. The Balaban J connectivity index is 1.34. The Bertz CT molecular complexity index is 992. The van der Waals surface area contributed by atoms with Crippen LogP contribution in [-0.4, -0.2) is 30.2 Å². The number of amides is 4. The van der Waals surface area contributed by atoms with Crippen LogP contribution < -0.4 is 15.5 Å². The fourth-order valence-corrected chi connectivity index (χ4v) is 4.26. The van der Waals surface area contributed by atoms with Gasteiger partial charge in [-0.15, -0.1) is 0 Å². The lowest BCUT2D eigenvalue weighted by Gasteiger charge is -2.20. The molecule has 2 aromatic carbocycles. The summed E-state index contributed by atoms with van der Waals surface area (Å²) in [6, 6.07) is 13.2. The van der Waals surface area contributed by atoms with Crippen LogP contribution in [0.1, 0.15) is 59.2 Å². The van der Waals surface area contributed by atoms with Crippen LogP contribution >= 0.6 is 0 Å². The molecule has 7 nitrogen and oxygen atoms in total. The molecule has 4 rings (SSSR count). The van der Waals surface area contributed by atoms with E-state index in [4.69, 9.17) is 0 Å². The number of benzene rings is 2. The Kier molecular flexibility index (Phi) is 6.11. The largest absolute Gasteiger partial charge is 0.347 e. The lowest BCUT2D eigenvalue weighted by atomic mass is 9.87. The van der Waals surface area contributed by atoms with E-state index in [0.717, 1.165) is 17.7 Å². The summed E-state index contributed by atoms with van der Waals surface area (Å²) in [7, 11) is 0. The van der Waals surface area contributed by atoms with Crippen molar-refractivity contribution < 1.29 is 19.2 Å². The Morgan fingerprint density at radius 3 is 2.23 bits per heavy atom. The normalized spacial score (nSPS) is 16.2. The summed E-state index contributed by atoms with van der Waals surface area (Å²) in [6.45, 7) is -0.122. The molecule has 31 heavy (non-hydrogen) atoms. The van der Waals surface area contributed by atoms with Crippen molar-refractivity contribution in [3.63, 3.8) is 0 Å². The molecule has 1 aliphatic heterocycles. The second-order valence-electron chi connectivity index (χ2n) is 8.07. The van der Waals surface area contributed by atoms with Crippen LogP contribution in [0.15, 0.2) is 48.5 Å². The second kappa shape index (κ2) is 9.12. The maximum absolute atomic E-state index is 12.7. The van der Waals surface area contributed by atoms with Gasteiger partial charge in [-0.05, 0) is 49.1 Å². The first-order valence-electron chi connectivity index (χ1n) is 10.7. The molecule has 0 atom stereocenters. The van der Waals surface area contributed by atoms with Crippen molar-refractivity contribution in [3.05, 3.63) is 59.7 Å². The topological polar surface area (TPSA) is 95.6 Å². The zero-order chi connectivity index (χ0) is 21.8. The van der Waals surface area contributed by atoms with Crippen LogP contribution in [0.5, 0.6) is 0 Å². The van der Waals surface area contributed by atoms with Gasteiger partial charge in [0.05, 0.1) is 23.4 Å². The monoisotopic (exact) mass is 419 g/mol.